The molecule has 0 unspecified atom stereocenters. The van der Waals surface area contributed by atoms with Gasteiger partial charge in [-0.3, -0.25) is 4.79 Å². The number of thiazole rings is 1. The van der Waals surface area contributed by atoms with Crippen molar-refractivity contribution < 1.29 is 18.7 Å². The minimum atomic E-state index is -0.340. The number of anilines is 1. The number of carbonyl (C=O) groups is 1. The van der Waals surface area contributed by atoms with Crippen LogP contribution in [-0.2, 0) is 11.3 Å². The maximum Gasteiger partial charge on any atom is 0.204 e. The third-order valence-electron chi connectivity index (χ3n) is 4.88. The molecule has 0 fully saturated rings. The van der Waals surface area contributed by atoms with Gasteiger partial charge in [-0.1, -0.05) is 11.3 Å². The maximum absolute atomic E-state index is 15.3. The van der Waals surface area contributed by atoms with Gasteiger partial charge in [-0.05, 0) is 31.9 Å². The van der Waals surface area contributed by atoms with E-state index in [1.807, 2.05) is 23.6 Å². The van der Waals surface area contributed by atoms with Crippen molar-refractivity contribution in [1.29, 1.82) is 0 Å². The summed E-state index contributed by atoms with van der Waals surface area (Å²) in [4.78, 5) is 17.5. The Labute approximate surface area is 181 Å². The normalized spacial score (nSPS) is 13.1. The number of amides is 1. The number of primary amides is 1. The molecule has 1 amide bonds. The van der Waals surface area contributed by atoms with Crippen LogP contribution < -0.4 is 20.9 Å². The first-order valence-corrected chi connectivity index (χ1v) is 10.7. The van der Waals surface area contributed by atoms with Crippen LogP contribution in [-0.4, -0.2) is 34.2 Å². The Morgan fingerprint density at radius 3 is 2.87 bits per heavy atom. The summed E-state index contributed by atoms with van der Waals surface area (Å²) in [6.45, 7) is 3.88. The highest BCUT2D eigenvalue weighted by molar-refractivity contribution is 7.22. The number of nitrogens with two attached hydrogens (primary N) is 2. The molecule has 0 atom stereocenters. The van der Waals surface area contributed by atoms with E-state index < -0.39 is 0 Å². The number of ether oxygens (including phenoxy) is 2. The van der Waals surface area contributed by atoms with E-state index in [1.165, 1.54) is 0 Å². The van der Waals surface area contributed by atoms with E-state index in [2.05, 4.69) is 10.7 Å². The molecule has 2 aromatic carbocycles. The van der Waals surface area contributed by atoms with Gasteiger partial charge in [0.2, 0.25) is 6.41 Å². The number of aromatic nitrogens is 3. The first-order valence-electron chi connectivity index (χ1n) is 9.87. The molecule has 162 valence electrons. The fraction of sp³-hybridized carbons (Fsp3) is 0.286. The molecule has 0 radical (unpaired) electrons. The zero-order valence-electron chi connectivity index (χ0n) is 16.9. The lowest BCUT2D eigenvalue weighted by atomic mass is 10.1. The average Bonchev–Trinajstić information content (AvgIpc) is 3.27. The van der Waals surface area contributed by atoms with Crippen LogP contribution in [0.15, 0.2) is 24.3 Å². The maximum atomic E-state index is 15.3. The molecule has 10 heteroatoms. The smallest absolute Gasteiger partial charge is 0.204 e. The molecule has 1 aliphatic rings. The summed E-state index contributed by atoms with van der Waals surface area (Å²) in [6, 6.07) is 7.29. The highest BCUT2D eigenvalue weighted by atomic mass is 32.1. The van der Waals surface area contributed by atoms with Crippen LogP contribution >= 0.6 is 11.3 Å². The van der Waals surface area contributed by atoms with Crippen molar-refractivity contribution in [3.63, 3.8) is 0 Å². The number of fused-ring (bicyclic) bond motifs is 1. The quantitative estimate of drug-likeness (QED) is 0.466. The number of nitrogen functional groups attached to an aromatic ring is 1. The van der Waals surface area contributed by atoms with E-state index in [0.29, 0.717) is 45.7 Å². The van der Waals surface area contributed by atoms with Crippen LogP contribution in [0, 0.1) is 5.82 Å². The topological polar surface area (TPSA) is 118 Å². The lowest BCUT2D eigenvalue weighted by Crippen LogP contribution is -2.09. The SMILES string of the molecule is CCOc1cc2c3c(c1)nc(-c1ccc4nc(N)sc4c1F)n3CCCCO2.NC=O. The summed E-state index contributed by atoms with van der Waals surface area (Å²) < 4.78 is 29.5. The molecule has 4 N–H and O–H groups in total. The largest absolute Gasteiger partial charge is 0.494 e. The lowest BCUT2D eigenvalue weighted by molar-refractivity contribution is -0.106. The van der Waals surface area contributed by atoms with Crippen LogP contribution in [0.25, 0.3) is 32.6 Å². The summed E-state index contributed by atoms with van der Waals surface area (Å²) in [6.07, 6.45) is 2.10. The standard InChI is InChI=1S/C20H19FN4O2S.CH3NO/c1-2-26-11-9-14-17-15(10-11)27-8-4-3-7-25(17)19(23-14)12-5-6-13-18(16(12)21)28-20(22)24-13;2-1-3/h5-6,9-10H,2-4,7-8H2,1H3,(H2,22,24);1H,(H2,2,3). The van der Waals surface area contributed by atoms with Gasteiger partial charge in [0.25, 0.3) is 0 Å². The molecule has 0 bridgehead atoms. The number of halogens is 1. The van der Waals surface area contributed by atoms with E-state index in [9.17, 15) is 0 Å². The van der Waals surface area contributed by atoms with Gasteiger partial charge in [0.05, 0.1) is 34.5 Å². The molecule has 0 saturated carbocycles. The van der Waals surface area contributed by atoms with Gasteiger partial charge in [-0.25, -0.2) is 14.4 Å². The lowest BCUT2D eigenvalue weighted by Gasteiger charge is -2.17. The highest BCUT2D eigenvalue weighted by Gasteiger charge is 2.23. The van der Waals surface area contributed by atoms with Crippen molar-refractivity contribution in [2.24, 2.45) is 5.73 Å². The molecule has 0 spiro atoms. The van der Waals surface area contributed by atoms with Crippen LogP contribution in [0.1, 0.15) is 19.8 Å². The van der Waals surface area contributed by atoms with Gasteiger partial charge in [0, 0.05) is 18.7 Å². The van der Waals surface area contributed by atoms with Gasteiger partial charge in [-0.2, -0.15) is 0 Å². The van der Waals surface area contributed by atoms with Gasteiger partial charge >= 0.3 is 0 Å². The molecule has 1 aliphatic heterocycles. The van der Waals surface area contributed by atoms with E-state index in [4.69, 9.17) is 25.0 Å². The minimum Gasteiger partial charge on any atom is -0.494 e. The molecule has 5 rings (SSSR count). The average molecular weight is 444 g/mol. The second-order valence-electron chi connectivity index (χ2n) is 6.83. The molecular formula is C21H22FN5O3S. The van der Waals surface area contributed by atoms with Gasteiger partial charge in [-0.15, -0.1) is 0 Å². The number of aryl methyl sites for hydroxylation is 1. The summed E-state index contributed by atoms with van der Waals surface area (Å²) in [7, 11) is 0. The Morgan fingerprint density at radius 2 is 2.10 bits per heavy atom. The molecule has 31 heavy (non-hydrogen) atoms. The first-order chi connectivity index (χ1) is 15.1. The Bertz CT molecular complexity index is 1250. The van der Waals surface area contributed by atoms with E-state index in [0.717, 1.165) is 47.5 Å². The van der Waals surface area contributed by atoms with E-state index in [1.54, 1.807) is 12.1 Å². The second kappa shape index (κ2) is 8.76. The van der Waals surface area contributed by atoms with Crippen LogP contribution in [0.2, 0.25) is 0 Å². The fourth-order valence-electron chi connectivity index (χ4n) is 3.69. The van der Waals surface area contributed by atoms with Crippen molar-refractivity contribution in [3.05, 3.63) is 30.1 Å². The zero-order chi connectivity index (χ0) is 22.0. The minimum absolute atomic E-state index is 0.250. The fourth-order valence-corrected chi connectivity index (χ4v) is 4.46. The van der Waals surface area contributed by atoms with Crippen molar-refractivity contribution >= 4 is 44.1 Å². The highest BCUT2D eigenvalue weighted by Crippen LogP contribution is 2.39. The summed E-state index contributed by atoms with van der Waals surface area (Å²) in [5.74, 6) is 1.67. The summed E-state index contributed by atoms with van der Waals surface area (Å²) in [5, 5.41) is 0.353. The van der Waals surface area contributed by atoms with Gasteiger partial charge in [0.1, 0.15) is 22.8 Å². The Morgan fingerprint density at radius 1 is 1.29 bits per heavy atom. The number of imidazole rings is 1. The Hall–Kier alpha value is -3.40. The van der Waals surface area contributed by atoms with Crippen molar-refractivity contribution in [1.82, 2.24) is 14.5 Å². The number of nitrogens with zero attached hydrogens (tertiary/aromatic N) is 3. The van der Waals surface area contributed by atoms with Crippen molar-refractivity contribution in [2.45, 2.75) is 26.3 Å². The monoisotopic (exact) mass is 443 g/mol. The number of carbonyl (C=O) groups excluding carboxylic acids is 1. The van der Waals surface area contributed by atoms with Crippen LogP contribution in [0.4, 0.5) is 9.52 Å². The Balaban J connectivity index is 0.000000730. The number of hydrogen-bond acceptors (Lipinski definition) is 7. The Kier molecular flexibility index (Phi) is 5.90. The summed E-state index contributed by atoms with van der Waals surface area (Å²) in [5.41, 5.74) is 12.6. The third-order valence-corrected chi connectivity index (χ3v) is 5.77. The predicted octanol–water partition coefficient (Wildman–Crippen LogP) is 3.71. The summed E-state index contributed by atoms with van der Waals surface area (Å²) >= 11 is 1.15. The second-order valence-corrected chi connectivity index (χ2v) is 7.86. The van der Waals surface area contributed by atoms with E-state index >= 15 is 4.39 Å². The predicted molar refractivity (Wildman–Crippen MR) is 119 cm³/mol. The van der Waals surface area contributed by atoms with Crippen LogP contribution in [0.5, 0.6) is 11.5 Å². The van der Waals surface area contributed by atoms with Gasteiger partial charge < -0.3 is 25.5 Å². The number of hydrogen-bond donors (Lipinski definition) is 2. The zero-order valence-corrected chi connectivity index (χ0v) is 17.7. The van der Waals surface area contributed by atoms with Crippen LogP contribution in [0.3, 0.4) is 0 Å². The molecular weight excluding hydrogens is 421 g/mol. The molecule has 8 nitrogen and oxygen atoms in total. The molecule has 2 aromatic heterocycles. The molecule has 0 saturated heterocycles. The third kappa shape index (κ3) is 3.86. The van der Waals surface area contributed by atoms with E-state index in [-0.39, 0.29) is 12.2 Å². The number of rotatable bonds is 3. The molecule has 4 aromatic rings. The van der Waals surface area contributed by atoms with Crippen molar-refractivity contribution in [3.8, 4) is 22.9 Å². The van der Waals surface area contributed by atoms with Crippen molar-refractivity contribution in [2.75, 3.05) is 18.9 Å². The molecule has 0 aliphatic carbocycles. The molecule has 3 heterocycles. The van der Waals surface area contributed by atoms with Gasteiger partial charge in [0.15, 0.2) is 10.9 Å². The first kappa shape index (κ1) is 20.9. The number of benzene rings is 2.